The highest BCUT2D eigenvalue weighted by atomic mass is 16.1. The van der Waals surface area contributed by atoms with Gasteiger partial charge in [-0.3, -0.25) is 14.6 Å². The lowest BCUT2D eigenvalue weighted by atomic mass is 9.80. The first-order chi connectivity index (χ1) is 26.9. The number of nitrogens with zero attached hydrogens (tertiary/aromatic N) is 11. The summed E-state index contributed by atoms with van der Waals surface area (Å²) >= 11 is 0. The molecule has 0 saturated heterocycles. The molecule has 8 rings (SSSR count). The Labute approximate surface area is 336 Å². The smallest absolute Gasteiger partial charge is 0.277 e. The summed E-state index contributed by atoms with van der Waals surface area (Å²) in [6.45, 7) is 26.6. The predicted molar refractivity (Wildman–Crippen MR) is 231 cm³/mol. The minimum Gasteiger partial charge on any atom is -0.397 e. The summed E-state index contributed by atoms with van der Waals surface area (Å²) in [5, 5.41) is 0.649. The van der Waals surface area contributed by atoms with Gasteiger partial charge in [0, 0.05) is 41.6 Å². The molecule has 0 fully saturated rings. The van der Waals surface area contributed by atoms with Crippen LogP contribution in [-0.2, 0) is 11.1 Å². The number of nitrogens with one attached hydrogen (secondary N) is 2. The van der Waals surface area contributed by atoms with Crippen molar-refractivity contribution in [2.24, 2.45) is 10.4 Å². The summed E-state index contributed by atoms with van der Waals surface area (Å²) in [6.07, 6.45) is 8.92. The Hall–Kier alpha value is -6.46. The first-order valence-electron chi connectivity index (χ1n) is 19.0. The van der Waals surface area contributed by atoms with Crippen molar-refractivity contribution in [1.82, 2.24) is 58.6 Å². The fourth-order valence-electron chi connectivity index (χ4n) is 6.23. The number of aromatic amines is 2. The van der Waals surface area contributed by atoms with Gasteiger partial charge >= 0.3 is 0 Å². The van der Waals surface area contributed by atoms with Gasteiger partial charge in [-0.15, -0.1) is 0 Å². The van der Waals surface area contributed by atoms with Crippen molar-refractivity contribution in [2.75, 3.05) is 17.2 Å². The molecule has 0 radical (unpaired) electrons. The maximum Gasteiger partial charge on any atom is 0.277 e. The van der Waals surface area contributed by atoms with E-state index in [1.165, 1.54) is 0 Å². The Bertz CT molecular complexity index is 2730. The van der Waals surface area contributed by atoms with Crippen molar-refractivity contribution in [3.8, 4) is 0 Å². The summed E-state index contributed by atoms with van der Waals surface area (Å²) in [5.74, 6) is 1.94. The summed E-state index contributed by atoms with van der Waals surface area (Å²) in [6, 6.07) is 3.85. The van der Waals surface area contributed by atoms with Crippen LogP contribution in [0.1, 0.15) is 105 Å². The molecule has 1 aliphatic heterocycles. The summed E-state index contributed by atoms with van der Waals surface area (Å²) in [5.41, 5.74) is 22.4. The van der Waals surface area contributed by atoms with Crippen LogP contribution in [0.25, 0.3) is 33.4 Å². The van der Waals surface area contributed by atoms with E-state index in [4.69, 9.17) is 17.2 Å². The maximum absolute atomic E-state index is 11.6. The van der Waals surface area contributed by atoms with E-state index in [9.17, 15) is 9.59 Å². The number of aromatic nitrogens is 12. The Balaban J connectivity index is 0.000000147. The van der Waals surface area contributed by atoms with E-state index >= 15 is 0 Å². The highest BCUT2D eigenvalue weighted by molar-refractivity contribution is 5.84. The van der Waals surface area contributed by atoms with E-state index in [0.717, 1.165) is 22.5 Å². The molecular formula is C40H56N16O2. The third-order valence-corrected chi connectivity index (χ3v) is 9.23. The molecule has 0 amide bonds. The summed E-state index contributed by atoms with van der Waals surface area (Å²) < 4.78 is 5.95. The lowest BCUT2D eigenvalue weighted by molar-refractivity contribution is 0.385. The van der Waals surface area contributed by atoms with Crippen molar-refractivity contribution in [3.63, 3.8) is 0 Å². The van der Waals surface area contributed by atoms with Crippen LogP contribution in [0, 0.1) is 19.3 Å². The van der Waals surface area contributed by atoms with Crippen molar-refractivity contribution >= 4 is 62.7 Å². The van der Waals surface area contributed by atoms with Crippen molar-refractivity contribution in [2.45, 2.75) is 113 Å². The summed E-state index contributed by atoms with van der Waals surface area (Å²) in [4.78, 5) is 62.1. The Morgan fingerprint density at radius 2 is 1.33 bits per heavy atom. The normalized spacial score (nSPS) is 13.9. The second-order valence-electron chi connectivity index (χ2n) is 17.5. The van der Waals surface area contributed by atoms with E-state index in [0.29, 0.717) is 45.4 Å². The lowest BCUT2D eigenvalue weighted by Gasteiger charge is -2.24. The molecule has 8 heterocycles. The van der Waals surface area contributed by atoms with Gasteiger partial charge in [-0.05, 0) is 86.8 Å². The van der Waals surface area contributed by atoms with Crippen LogP contribution in [-0.4, -0.2) is 64.8 Å². The zero-order valence-corrected chi connectivity index (χ0v) is 35.7. The van der Waals surface area contributed by atoms with Gasteiger partial charge < -0.3 is 40.9 Å². The highest BCUT2D eigenvalue weighted by Crippen LogP contribution is 2.39. The standard InChI is InChI=1S/2C11H15N3O.C10H14N4.C8H12N6/c1-7-12-9-8(10(15)13-7)5-6-14(9)11(2,3)4;1-6-13-8-7(11(2,3)4)5-12-9(8)10(15)14-6;1-10(2,3)14-6-13-8-7(11)4-5-12-9(8)14;1-4(2)14-3-11-5-6(9)12-8(10)13-7(5)14/h5-6H,1-4H3,(H,12,13,15);5,7H,1-4H3,(H,13,14,15);4-6H,1-3H3,(H2,11,12);3-4H,1-2H3,(H4,9,10,12,13). The molecule has 0 aromatic carbocycles. The number of imidazole rings is 2. The zero-order chi connectivity index (χ0) is 43.1. The topological polar surface area (TPSA) is 261 Å². The van der Waals surface area contributed by atoms with E-state index in [1.807, 2.05) is 46.0 Å². The van der Waals surface area contributed by atoms with Gasteiger partial charge in [0.05, 0.1) is 29.4 Å². The summed E-state index contributed by atoms with van der Waals surface area (Å²) in [7, 11) is 0. The number of H-pyrrole nitrogens is 2. The molecule has 1 atom stereocenters. The average molecular weight is 793 g/mol. The highest BCUT2D eigenvalue weighted by Gasteiger charge is 2.33. The number of aryl methyl sites for hydroxylation is 2. The van der Waals surface area contributed by atoms with Crippen LogP contribution in [0.3, 0.4) is 0 Å². The second-order valence-corrected chi connectivity index (χ2v) is 17.5. The number of nitrogens with two attached hydrogens (primary N) is 3. The van der Waals surface area contributed by atoms with Crippen molar-refractivity contribution in [3.05, 3.63) is 75.2 Å². The van der Waals surface area contributed by atoms with Gasteiger partial charge in [0.15, 0.2) is 17.1 Å². The van der Waals surface area contributed by atoms with Gasteiger partial charge in [-0.1, -0.05) is 20.8 Å². The minimum absolute atomic E-state index is 0.0183. The largest absolute Gasteiger partial charge is 0.397 e. The Morgan fingerprint density at radius 1 is 0.707 bits per heavy atom. The van der Waals surface area contributed by atoms with Crippen LogP contribution in [0.2, 0.25) is 0 Å². The molecule has 0 spiro atoms. The van der Waals surface area contributed by atoms with Gasteiger partial charge in [0.25, 0.3) is 11.1 Å². The van der Waals surface area contributed by atoms with E-state index in [-0.39, 0.29) is 45.5 Å². The first kappa shape index (κ1) is 42.7. The van der Waals surface area contributed by atoms with Gasteiger partial charge in [-0.2, -0.15) is 9.97 Å². The van der Waals surface area contributed by atoms with E-state index in [2.05, 4.69) is 112 Å². The monoisotopic (exact) mass is 792 g/mol. The number of pyridine rings is 1. The number of rotatable bonds is 1. The van der Waals surface area contributed by atoms with E-state index < -0.39 is 0 Å². The molecule has 308 valence electrons. The van der Waals surface area contributed by atoms with Crippen molar-refractivity contribution in [1.29, 1.82) is 0 Å². The molecule has 58 heavy (non-hydrogen) atoms. The van der Waals surface area contributed by atoms with Gasteiger partial charge in [-0.25, -0.2) is 24.9 Å². The molecule has 0 aliphatic carbocycles. The molecule has 0 saturated carbocycles. The first-order valence-corrected chi connectivity index (χ1v) is 19.0. The molecule has 8 N–H and O–H groups in total. The number of fused-ring (bicyclic) bond motifs is 4. The molecule has 0 bridgehead atoms. The number of aliphatic imine (C=N–C) groups is 1. The zero-order valence-electron chi connectivity index (χ0n) is 35.7. The maximum atomic E-state index is 11.6. The van der Waals surface area contributed by atoms with Crippen LogP contribution in [0.15, 0.2) is 51.8 Å². The molecule has 1 aliphatic rings. The number of nitrogen functional groups attached to an aromatic ring is 3. The molecule has 1 unspecified atom stereocenters. The quantitative estimate of drug-likeness (QED) is 0.127. The van der Waals surface area contributed by atoms with Crippen LogP contribution in [0.5, 0.6) is 0 Å². The second kappa shape index (κ2) is 15.8. The fourth-order valence-corrected chi connectivity index (χ4v) is 6.23. The minimum atomic E-state index is -0.138. The predicted octanol–water partition coefficient (Wildman–Crippen LogP) is 6.05. The number of hydrogen-bond acceptors (Lipinski definition) is 13. The van der Waals surface area contributed by atoms with E-state index in [1.54, 1.807) is 38.8 Å². The van der Waals surface area contributed by atoms with Crippen LogP contribution < -0.4 is 28.3 Å². The molecule has 18 heteroatoms. The van der Waals surface area contributed by atoms with Gasteiger partial charge in [0.2, 0.25) is 5.95 Å². The van der Waals surface area contributed by atoms with Crippen molar-refractivity contribution < 1.29 is 0 Å². The Kier molecular flexibility index (Phi) is 11.6. The molecule has 7 aromatic rings. The lowest BCUT2D eigenvalue weighted by Crippen LogP contribution is -2.22. The Morgan fingerprint density at radius 3 is 1.95 bits per heavy atom. The number of hydrogen-bond donors (Lipinski definition) is 5. The van der Waals surface area contributed by atoms with Crippen LogP contribution in [0.4, 0.5) is 23.1 Å². The SMILES string of the molecule is CC(C)(C)n1cnc2c(N)ccnc21.CC(C)n1cnc2c(N)nc(N)nc21.Cc1nc2c(c(=O)[nH]1)N=CC2C(C)(C)C.Cc1nc2c(ccn2C(C)(C)C)c(=O)[nH]1. The molecule has 7 aromatic heterocycles. The third-order valence-electron chi connectivity index (χ3n) is 9.23. The number of anilines is 3. The van der Waals surface area contributed by atoms with Crippen LogP contribution >= 0.6 is 0 Å². The van der Waals surface area contributed by atoms with Gasteiger partial charge in [0.1, 0.15) is 34.0 Å². The fraction of sp³-hybridized carbons (Fsp3) is 0.450. The average Bonchev–Trinajstić information content (AvgIpc) is 3.89. The molecule has 18 nitrogen and oxygen atoms in total. The third kappa shape index (κ3) is 9.05. The molecular weight excluding hydrogens is 737 g/mol.